The number of aryl methyl sites for hydroxylation is 2. The summed E-state index contributed by atoms with van der Waals surface area (Å²) in [6.07, 6.45) is 7.79. The third-order valence-corrected chi connectivity index (χ3v) is 8.49. The van der Waals surface area contributed by atoms with E-state index < -0.39 is 9.84 Å². The number of carbonyl (C=O) groups is 2. The summed E-state index contributed by atoms with van der Waals surface area (Å²) in [6.45, 7) is 3.87. The largest absolute Gasteiger partial charge is 0.467 e. The number of benzene rings is 1. The van der Waals surface area contributed by atoms with Crippen LogP contribution in [-0.2, 0) is 32.5 Å². The van der Waals surface area contributed by atoms with E-state index in [1.165, 1.54) is 0 Å². The lowest BCUT2D eigenvalue weighted by Gasteiger charge is -2.32. The van der Waals surface area contributed by atoms with E-state index in [9.17, 15) is 18.0 Å². The third-order valence-electron chi connectivity index (χ3n) is 6.78. The number of nitrogens with one attached hydrogen (secondary N) is 1. The summed E-state index contributed by atoms with van der Waals surface area (Å²) >= 11 is 0. The van der Waals surface area contributed by atoms with Crippen LogP contribution in [0.25, 0.3) is 0 Å². The van der Waals surface area contributed by atoms with Crippen molar-refractivity contribution in [1.82, 2.24) is 19.8 Å². The molecule has 0 aliphatic carbocycles. The lowest BCUT2D eigenvalue weighted by atomic mass is 9.95. The summed E-state index contributed by atoms with van der Waals surface area (Å²) in [5.74, 6) is 1.71. The molecule has 0 atom stereocenters. The maximum absolute atomic E-state index is 12.8. The van der Waals surface area contributed by atoms with Crippen molar-refractivity contribution in [1.29, 1.82) is 0 Å². The van der Waals surface area contributed by atoms with Crippen LogP contribution in [0.3, 0.4) is 0 Å². The first-order valence-electron chi connectivity index (χ1n) is 12.7. The standard InChI is InChI=1S/C27H34N4O5S/c1-21-7-9-24(10-8-21)37(34,35)19-17-31-16-13-28-27(31)22-11-14-30(15-12-22)26(33)6-2-5-25(32)29-20-23-4-3-18-36-23/h3-4,7-10,13,16,18,22H,2,5-6,11-12,14-15,17,19-20H2,1H3,(H,29,32). The van der Waals surface area contributed by atoms with Gasteiger partial charge in [0.25, 0.3) is 0 Å². The first-order valence-corrected chi connectivity index (χ1v) is 14.3. The average molecular weight is 527 g/mol. The average Bonchev–Trinajstić information content (AvgIpc) is 3.59. The number of rotatable bonds is 11. The Morgan fingerprint density at radius 2 is 1.86 bits per heavy atom. The van der Waals surface area contributed by atoms with E-state index in [0.717, 1.165) is 24.2 Å². The highest BCUT2D eigenvalue weighted by Gasteiger charge is 2.27. The zero-order valence-corrected chi connectivity index (χ0v) is 22.0. The molecule has 1 aliphatic heterocycles. The van der Waals surface area contributed by atoms with Crippen molar-refractivity contribution >= 4 is 21.7 Å². The van der Waals surface area contributed by atoms with Gasteiger partial charge in [0, 0.05) is 50.8 Å². The van der Waals surface area contributed by atoms with Crippen LogP contribution in [0.2, 0.25) is 0 Å². The highest BCUT2D eigenvalue weighted by Crippen LogP contribution is 2.27. The van der Waals surface area contributed by atoms with E-state index in [1.54, 1.807) is 36.7 Å². The molecule has 0 unspecified atom stereocenters. The number of sulfone groups is 1. The van der Waals surface area contributed by atoms with E-state index in [2.05, 4.69) is 10.3 Å². The fraction of sp³-hybridized carbons (Fsp3) is 0.444. The van der Waals surface area contributed by atoms with Crippen LogP contribution in [0, 0.1) is 6.92 Å². The number of aromatic nitrogens is 2. The fourth-order valence-corrected chi connectivity index (χ4v) is 5.81. The van der Waals surface area contributed by atoms with Crippen molar-refractivity contribution in [2.75, 3.05) is 18.8 Å². The highest BCUT2D eigenvalue weighted by atomic mass is 32.2. The summed E-state index contributed by atoms with van der Waals surface area (Å²) in [5, 5.41) is 2.79. The van der Waals surface area contributed by atoms with Crippen LogP contribution in [0.5, 0.6) is 0 Å². The van der Waals surface area contributed by atoms with Crippen molar-refractivity contribution in [3.8, 4) is 0 Å². The van der Waals surface area contributed by atoms with Crippen LogP contribution >= 0.6 is 0 Å². The molecule has 0 saturated carbocycles. The van der Waals surface area contributed by atoms with Gasteiger partial charge in [-0.25, -0.2) is 13.4 Å². The van der Waals surface area contributed by atoms with Crippen molar-refractivity contribution < 1.29 is 22.4 Å². The molecule has 10 heteroatoms. The molecule has 3 aromatic rings. The first kappa shape index (κ1) is 26.7. The Bertz CT molecular complexity index is 1270. The van der Waals surface area contributed by atoms with Gasteiger partial charge < -0.3 is 19.2 Å². The van der Waals surface area contributed by atoms with Gasteiger partial charge in [-0.05, 0) is 50.5 Å². The predicted octanol–water partition coefficient (Wildman–Crippen LogP) is 3.45. The van der Waals surface area contributed by atoms with Crippen molar-refractivity contribution in [2.45, 2.75) is 62.9 Å². The van der Waals surface area contributed by atoms with Gasteiger partial charge in [-0.3, -0.25) is 9.59 Å². The third kappa shape index (κ3) is 7.31. The molecule has 198 valence electrons. The zero-order chi connectivity index (χ0) is 26.3. The quantitative estimate of drug-likeness (QED) is 0.409. The molecule has 4 rings (SSSR count). The van der Waals surface area contributed by atoms with Crippen LogP contribution in [-0.4, -0.2) is 53.5 Å². The summed E-state index contributed by atoms with van der Waals surface area (Å²) in [5.41, 5.74) is 1.02. The Hall–Kier alpha value is -3.40. The van der Waals surface area contributed by atoms with E-state index in [-0.39, 0.29) is 23.5 Å². The summed E-state index contributed by atoms with van der Waals surface area (Å²) in [4.78, 5) is 31.3. The highest BCUT2D eigenvalue weighted by molar-refractivity contribution is 7.91. The Labute approximate surface area is 217 Å². The SMILES string of the molecule is Cc1ccc(S(=O)(=O)CCn2ccnc2C2CCN(C(=O)CCCC(=O)NCc3ccco3)CC2)cc1. The normalized spacial score (nSPS) is 14.6. The number of hydrogen-bond donors (Lipinski definition) is 1. The van der Waals surface area contributed by atoms with Gasteiger partial charge in [-0.1, -0.05) is 17.7 Å². The van der Waals surface area contributed by atoms with Crippen LogP contribution in [0.1, 0.15) is 55.2 Å². The fourth-order valence-electron chi connectivity index (χ4n) is 4.58. The topological polar surface area (TPSA) is 115 Å². The number of piperidine rings is 1. The molecule has 2 amide bonds. The van der Waals surface area contributed by atoms with Crippen LogP contribution in [0.4, 0.5) is 0 Å². The molecule has 3 heterocycles. The molecule has 9 nitrogen and oxygen atoms in total. The first-order chi connectivity index (χ1) is 17.8. The van der Waals surface area contributed by atoms with E-state index in [0.29, 0.717) is 56.1 Å². The molecular weight excluding hydrogens is 492 g/mol. The number of furan rings is 1. The molecule has 1 fully saturated rings. The number of amides is 2. The van der Waals surface area contributed by atoms with Gasteiger partial charge in [0.1, 0.15) is 11.6 Å². The predicted molar refractivity (Wildman–Crippen MR) is 138 cm³/mol. The Morgan fingerprint density at radius 1 is 1.11 bits per heavy atom. The molecule has 1 aliphatic rings. The Morgan fingerprint density at radius 3 is 2.57 bits per heavy atom. The molecule has 2 aromatic heterocycles. The minimum Gasteiger partial charge on any atom is -0.467 e. The number of hydrogen-bond acceptors (Lipinski definition) is 6. The second-order valence-corrected chi connectivity index (χ2v) is 11.6. The van der Waals surface area contributed by atoms with Gasteiger partial charge in [0.15, 0.2) is 9.84 Å². The Kier molecular flexibility index (Phi) is 8.81. The number of nitrogens with zero attached hydrogens (tertiary/aromatic N) is 3. The smallest absolute Gasteiger partial charge is 0.222 e. The van der Waals surface area contributed by atoms with Crippen LogP contribution < -0.4 is 5.32 Å². The van der Waals surface area contributed by atoms with Gasteiger partial charge in [0.05, 0.1) is 23.5 Å². The molecule has 1 N–H and O–H groups in total. The number of imidazole rings is 1. The van der Waals surface area contributed by atoms with Gasteiger partial charge in [-0.15, -0.1) is 0 Å². The summed E-state index contributed by atoms with van der Waals surface area (Å²) in [7, 11) is -3.39. The molecule has 1 aromatic carbocycles. The van der Waals surface area contributed by atoms with Crippen molar-refractivity contribution in [3.63, 3.8) is 0 Å². The van der Waals surface area contributed by atoms with Gasteiger partial charge in [-0.2, -0.15) is 0 Å². The minimum atomic E-state index is -3.39. The maximum atomic E-state index is 12.8. The van der Waals surface area contributed by atoms with Gasteiger partial charge >= 0.3 is 0 Å². The molecule has 37 heavy (non-hydrogen) atoms. The molecule has 0 radical (unpaired) electrons. The lowest BCUT2D eigenvalue weighted by Crippen LogP contribution is -2.38. The van der Waals surface area contributed by atoms with E-state index in [1.807, 2.05) is 34.7 Å². The second-order valence-electron chi connectivity index (χ2n) is 9.48. The second kappa shape index (κ2) is 12.2. The van der Waals surface area contributed by atoms with E-state index in [4.69, 9.17) is 4.42 Å². The minimum absolute atomic E-state index is 0.00580. The molecule has 0 bridgehead atoms. The van der Waals surface area contributed by atoms with Gasteiger partial charge in [0.2, 0.25) is 11.8 Å². The van der Waals surface area contributed by atoms with Crippen molar-refractivity contribution in [3.05, 3.63) is 72.2 Å². The Balaban J connectivity index is 1.20. The van der Waals surface area contributed by atoms with Crippen LogP contribution in [0.15, 0.2) is 64.4 Å². The zero-order valence-electron chi connectivity index (χ0n) is 21.1. The van der Waals surface area contributed by atoms with Crippen molar-refractivity contribution in [2.24, 2.45) is 0 Å². The van der Waals surface area contributed by atoms with E-state index >= 15 is 0 Å². The molecule has 0 spiro atoms. The summed E-state index contributed by atoms with van der Waals surface area (Å²) < 4.78 is 32.6. The summed E-state index contributed by atoms with van der Waals surface area (Å²) in [6, 6.07) is 10.5. The number of carbonyl (C=O) groups excluding carboxylic acids is 2. The number of likely N-dealkylation sites (tertiary alicyclic amines) is 1. The lowest BCUT2D eigenvalue weighted by molar-refractivity contribution is -0.132. The molecular formula is C27H34N4O5S. The monoisotopic (exact) mass is 526 g/mol. The molecule has 1 saturated heterocycles. The maximum Gasteiger partial charge on any atom is 0.222 e.